The zero-order chi connectivity index (χ0) is 5.98. The number of aromatic nitrogens is 1. The summed E-state index contributed by atoms with van der Waals surface area (Å²) in [6.07, 6.45) is 1.86. The van der Waals surface area contributed by atoms with Crippen molar-refractivity contribution in [1.82, 2.24) is 0 Å². The molecule has 1 rings (SSSR count). The van der Waals surface area contributed by atoms with Crippen LogP contribution >= 0.6 is 31.9 Å². The zero-order valence-electron chi connectivity index (χ0n) is 5.74. The van der Waals surface area contributed by atoms with Crippen LogP contribution in [-0.2, 0) is 0 Å². The molecule has 0 amide bonds. The molecule has 0 aromatic carbocycles. The van der Waals surface area contributed by atoms with E-state index in [4.69, 9.17) is 0 Å². The third kappa shape index (κ3) is 7.16. The third-order valence-electron chi connectivity index (χ3n) is 0.759. The van der Waals surface area contributed by atoms with E-state index in [1.807, 2.05) is 18.3 Å². The second-order valence-corrected chi connectivity index (χ2v) is 2.98. The molecule has 1 N–H and O–H groups in total. The molecule has 0 aliphatic carbocycles. The van der Waals surface area contributed by atoms with Gasteiger partial charge < -0.3 is 34.0 Å². The molecular formula is C5H4Br4NNa-. The van der Waals surface area contributed by atoms with E-state index in [-0.39, 0.29) is 63.5 Å². The minimum absolute atomic E-state index is 0. The summed E-state index contributed by atoms with van der Waals surface area (Å²) in [5.41, 5.74) is 0. The molecule has 0 bridgehead atoms. The van der Waals surface area contributed by atoms with Crippen LogP contribution in [0, 0.1) is 0 Å². The Morgan fingerprint density at radius 3 is 2.00 bits per heavy atom. The quantitative estimate of drug-likeness (QED) is 0.298. The van der Waals surface area contributed by atoms with Crippen molar-refractivity contribution in [3.8, 4) is 0 Å². The van der Waals surface area contributed by atoms with E-state index in [0.717, 1.165) is 9.08 Å². The number of rotatable bonds is 0. The molecule has 0 aliphatic heterocycles. The number of nitrogens with one attached hydrogen (secondary N) is 1. The van der Waals surface area contributed by atoms with Crippen LogP contribution in [-0.4, -0.2) is 29.6 Å². The zero-order valence-corrected chi connectivity index (χ0v) is 14.1. The predicted octanol–water partition coefficient (Wildman–Crippen LogP) is -4.35. The molecule has 0 saturated heterocycles. The van der Waals surface area contributed by atoms with E-state index < -0.39 is 0 Å². The van der Waals surface area contributed by atoms with Crippen LogP contribution in [0.15, 0.2) is 27.4 Å². The Morgan fingerprint density at radius 2 is 1.73 bits per heavy atom. The Balaban J connectivity index is -0.000000213. The van der Waals surface area contributed by atoms with Gasteiger partial charge in [0, 0.05) is 51.6 Å². The topological polar surface area (TPSA) is 14.1 Å². The fourth-order valence-electron chi connectivity index (χ4n) is 0.396. The van der Waals surface area contributed by atoms with Crippen molar-refractivity contribution in [2.24, 2.45) is 0 Å². The van der Waals surface area contributed by atoms with Gasteiger partial charge in [-0.05, 0) is 22.0 Å². The Kier molecular flexibility index (Phi) is 17.3. The first-order valence-corrected chi connectivity index (χ1v) is 3.71. The molecule has 1 aromatic rings. The Morgan fingerprint density at radius 1 is 1.18 bits per heavy atom. The first-order chi connectivity index (χ1) is 3.80. The van der Waals surface area contributed by atoms with Crippen molar-refractivity contribution < 1.29 is 38.9 Å². The molecule has 0 saturated carbocycles. The fraction of sp³-hybridized carbons (Fsp3) is 0. The van der Waals surface area contributed by atoms with Gasteiger partial charge in [-0.25, -0.2) is 4.98 Å². The molecule has 6 heteroatoms. The molecule has 1 radical (unpaired) electrons. The molecule has 0 fully saturated rings. The summed E-state index contributed by atoms with van der Waals surface area (Å²) in [5, 5.41) is 0. The van der Waals surface area contributed by atoms with Gasteiger partial charge in [-0.3, -0.25) is 0 Å². The predicted molar refractivity (Wildman–Crippen MR) is 44.2 cm³/mol. The van der Waals surface area contributed by atoms with E-state index in [2.05, 4.69) is 36.8 Å². The number of hydrogen-bond donors (Lipinski definition) is 0. The van der Waals surface area contributed by atoms with E-state index in [1.54, 1.807) is 0 Å². The first-order valence-electron chi connectivity index (χ1n) is 2.12. The standard InChI is InChI=1S/C5H3Br2N.2BrH.Na/c6-4-2-1-3-8-5(4)7;;;/h1-3H;2*1H;/p-1. The molecule has 0 unspecified atom stereocenters. The maximum atomic E-state index is 3.32. The van der Waals surface area contributed by atoms with Gasteiger partial charge in [-0.15, -0.1) is 0 Å². The largest absolute Gasteiger partial charge is 1.00 e. The number of H-pyrrole nitrogens is 1. The smallest absolute Gasteiger partial charge is 0.260 e. The van der Waals surface area contributed by atoms with Crippen molar-refractivity contribution >= 4 is 61.4 Å². The fourth-order valence-corrected chi connectivity index (χ4v) is 0.927. The Labute approximate surface area is 126 Å². The van der Waals surface area contributed by atoms with Crippen LogP contribution in [0.4, 0.5) is 0 Å². The molecule has 1 heterocycles. The minimum atomic E-state index is 0. The number of hydrogen-bond acceptors (Lipinski definition) is 0. The van der Waals surface area contributed by atoms with Gasteiger partial charge in [0.1, 0.15) is 0 Å². The Hall–Kier alpha value is 2.07. The average molecular weight is 421 g/mol. The second-order valence-electron chi connectivity index (χ2n) is 1.33. The molecule has 0 aliphatic rings. The molecule has 0 atom stereocenters. The summed E-state index contributed by atoms with van der Waals surface area (Å²) >= 11 is 6.61. The van der Waals surface area contributed by atoms with E-state index >= 15 is 0 Å². The Bertz CT molecular complexity index is 175. The normalized spacial score (nSPS) is 6.73. The van der Waals surface area contributed by atoms with Crippen LogP contribution in [0.5, 0.6) is 0 Å². The number of pyridine rings is 1. The number of halogens is 4. The second kappa shape index (κ2) is 10.2. The summed E-state index contributed by atoms with van der Waals surface area (Å²) in [6.45, 7) is 0. The molecular weight excluding hydrogens is 417 g/mol. The van der Waals surface area contributed by atoms with Crippen LogP contribution in [0.1, 0.15) is 0 Å². The summed E-state index contributed by atoms with van der Waals surface area (Å²) in [4.78, 5) is 2.97. The van der Waals surface area contributed by atoms with Crippen molar-refractivity contribution in [3.63, 3.8) is 0 Å². The maximum absolute atomic E-state index is 3.32. The van der Waals surface area contributed by atoms with Crippen LogP contribution in [0.25, 0.3) is 0 Å². The van der Waals surface area contributed by atoms with E-state index in [9.17, 15) is 0 Å². The molecule has 0 spiro atoms. The molecule has 11 heavy (non-hydrogen) atoms. The number of aromatic amines is 1. The summed E-state index contributed by atoms with van der Waals surface area (Å²) in [6, 6.07) is 3.88. The molecule has 1 nitrogen and oxygen atoms in total. The third-order valence-corrected chi connectivity index (χ3v) is 2.61. The summed E-state index contributed by atoms with van der Waals surface area (Å²) in [5.74, 6) is 0. The maximum Gasteiger partial charge on any atom is 0.260 e. The van der Waals surface area contributed by atoms with Gasteiger partial charge in [-0.2, -0.15) is 0 Å². The molecule has 59 valence electrons. The van der Waals surface area contributed by atoms with Crippen LogP contribution in [0.2, 0.25) is 0 Å². The van der Waals surface area contributed by atoms with Crippen molar-refractivity contribution in [2.45, 2.75) is 0 Å². The molecule has 1 aromatic heterocycles. The van der Waals surface area contributed by atoms with Gasteiger partial charge in [0.2, 0.25) is 0 Å². The van der Waals surface area contributed by atoms with Crippen molar-refractivity contribution in [3.05, 3.63) is 27.4 Å². The monoisotopic (exact) mass is 417 g/mol. The van der Waals surface area contributed by atoms with Crippen molar-refractivity contribution in [1.29, 1.82) is 0 Å². The van der Waals surface area contributed by atoms with Crippen molar-refractivity contribution in [2.75, 3.05) is 0 Å². The van der Waals surface area contributed by atoms with Gasteiger partial charge in [0.05, 0.1) is 4.47 Å². The minimum Gasteiger partial charge on any atom is -1.00 e. The van der Waals surface area contributed by atoms with Gasteiger partial charge in [0.25, 0.3) is 4.60 Å². The van der Waals surface area contributed by atoms with Gasteiger partial charge in [0.15, 0.2) is 6.20 Å². The van der Waals surface area contributed by atoms with Gasteiger partial charge >= 0.3 is 0 Å². The average Bonchev–Trinajstić information content (AvgIpc) is 1.77. The first kappa shape index (κ1) is 18.8. The SMILES string of the molecule is Brc1ccc[nH+]c1Br.[Br-].[Br-].[Na]. The van der Waals surface area contributed by atoms with Crippen LogP contribution < -0.4 is 38.9 Å². The van der Waals surface area contributed by atoms with Crippen LogP contribution in [0.3, 0.4) is 0 Å². The van der Waals surface area contributed by atoms with E-state index in [0.29, 0.717) is 0 Å². The summed E-state index contributed by atoms with van der Waals surface area (Å²) in [7, 11) is 0. The summed E-state index contributed by atoms with van der Waals surface area (Å²) < 4.78 is 2.01. The van der Waals surface area contributed by atoms with E-state index in [1.165, 1.54) is 0 Å². The van der Waals surface area contributed by atoms with Gasteiger partial charge in [-0.1, -0.05) is 0 Å².